The van der Waals surface area contributed by atoms with Crippen molar-refractivity contribution in [2.75, 3.05) is 19.8 Å². The first-order valence-corrected chi connectivity index (χ1v) is 6.81. The summed E-state index contributed by atoms with van der Waals surface area (Å²) >= 11 is 0. The Morgan fingerprint density at radius 3 is 2.29 bits per heavy atom. The van der Waals surface area contributed by atoms with Gasteiger partial charge in [0.05, 0.1) is 25.3 Å². The van der Waals surface area contributed by atoms with Gasteiger partial charge in [-0.1, -0.05) is 0 Å². The number of rotatable bonds is 6. The van der Waals surface area contributed by atoms with Crippen LogP contribution in [0.4, 0.5) is 17.6 Å². The van der Waals surface area contributed by atoms with Gasteiger partial charge in [-0.3, -0.25) is 4.99 Å². The van der Waals surface area contributed by atoms with Crippen molar-refractivity contribution in [2.45, 2.75) is 13.8 Å². The lowest BCUT2D eigenvalue weighted by atomic mass is 10.0. The van der Waals surface area contributed by atoms with E-state index in [4.69, 9.17) is 5.11 Å². The van der Waals surface area contributed by atoms with Crippen molar-refractivity contribution in [1.82, 2.24) is 0 Å². The summed E-state index contributed by atoms with van der Waals surface area (Å²) in [4.78, 5) is 15.4. The third-order valence-corrected chi connectivity index (χ3v) is 2.94. The number of halogens is 4. The molecule has 0 saturated carbocycles. The van der Waals surface area contributed by atoms with Gasteiger partial charge in [-0.05, 0) is 13.8 Å². The molecule has 0 heterocycles. The highest BCUT2D eigenvalue weighted by atomic mass is 19.2. The maximum atomic E-state index is 13.9. The van der Waals surface area contributed by atoms with Gasteiger partial charge in [-0.15, -0.1) is 0 Å². The normalized spacial score (nSPS) is 12.5. The molecular weight excluding hydrogens is 334 g/mol. The van der Waals surface area contributed by atoms with Gasteiger partial charge in [0.1, 0.15) is 11.3 Å². The first-order chi connectivity index (χ1) is 11.3. The molecule has 0 aliphatic carbocycles. The van der Waals surface area contributed by atoms with Gasteiger partial charge < -0.3 is 14.9 Å². The molecule has 0 amide bonds. The zero-order valence-electron chi connectivity index (χ0n) is 12.9. The highest BCUT2D eigenvalue weighted by Crippen LogP contribution is 2.29. The second-order valence-electron chi connectivity index (χ2n) is 4.50. The van der Waals surface area contributed by atoms with Gasteiger partial charge in [-0.2, -0.15) is 0 Å². The molecule has 0 saturated heterocycles. The lowest BCUT2D eigenvalue weighted by molar-refractivity contribution is -0.137. The second-order valence-corrected chi connectivity index (χ2v) is 4.50. The lowest BCUT2D eigenvalue weighted by Crippen LogP contribution is -2.14. The van der Waals surface area contributed by atoms with Gasteiger partial charge >= 0.3 is 5.97 Å². The van der Waals surface area contributed by atoms with E-state index in [-0.39, 0.29) is 19.8 Å². The molecule has 2 N–H and O–H groups in total. The van der Waals surface area contributed by atoms with Crippen LogP contribution in [0.1, 0.15) is 18.1 Å². The van der Waals surface area contributed by atoms with Crippen molar-refractivity contribution in [2.24, 2.45) is 4.99 Å². The average Bonchev–Trinajstić information content (AvgIpc) is 2.55. The maximum absolute atomic E-state index is 13.9. The summed E-state index contributed by atoms with van der Waals surface area (Å²) in [7, 11) is 0. The Hall–Kier alpha value is -2.42. The van der Waals surface area contributed by atoms with Crippen molar-refractivity contribution in [3.05, 3.63) is 40.0 Å². The van der Waals surface area contributed by atoms with Gasteiger partial charge in [0.15, 0.2) is 23.3 Å². The number of benzene rings is 1. The molecule has 9 heteroatoms. The molecule has 0 aliphatic rings. The topological polar surface area (TPSA) is 79.1 Å². The standard InChI is InChI=1S/C15H15F4NO4/c1-3-24-15(23)8(6-20-4-5-21)14(22)9-7(2)10(16)12(18)13(19)11(9)17/h6,21-22H,3-5H2,1-2H3/b14-8-,20-6?. The van der Waals surface area contributed by atoms with Gasteiger partial charge in [0, 0.05) is 11.8 Å². The van der Waals surface area contributed by atoms with E-state index < -0.39 is 51.7 Å². The number of hydrogen-bond donors (Lipinski definition) is 2. The monoisotopic (exact) mass is 349 g/mol. The fraction of sp³-hybridized carbons (Fsp3) is 0.333. The number of ether oxygens (including phenoxy) is 1. The summed E-state index contributed by atoms with van der Waals surface area (Å²) < 4.78 is 58.8. The number of nitrogens with zero attached hydrogens (tertiary/aromatic N) is 1. The minimum atomic E-state index is -2.13. The van der Waals surface area contributed by atoms with Crippen LogP contribution in [-0.4, -0.2) is 42.2 Å². The minimum Gasteiger partial charge on any atom is -0.506 e. The maximum Gasteiger partial charge on any atom is 0.343 e. The van der Waals surface area contributed by atoms with Crippen LogP contribution in [0.5, 0.6) is 0 Å². The largest absolute Gasteiger partial charge is 0.506 e. The number of esters is 1. The first-order valence-electron chi connectivity index (χ1n) is 6.81. The summed E-state index contributed by atoms with van der Waals surface area (Å²) in [6, 6.07) is 0. The SMILES string of the molecule is CCOC(=O)/C(C=NCCO)=C(\O)c1c(C)c(F)c(F)c(F)c1F. The molecule has 0 radical (unpaired) electrons. The highest BCUT2D eigenvalue weighted by molar-refractivity contribution is 6.15. The van der Waals surface area contributed by atoms with E-state index in [1.165, 1.54) is 6.92 Å². The Morgan fingerprint density at radius 1 is 1.17 bits per heavy atom. The van der Waals surface area contributed by atoms with Gasteiger partial charge in [0.2, 0.25) is 0 Å². The molecule has 0 unspecified atom stereocenters. The Bertz CT molecular complexity index is 672. The Balaban J connectivity index is 3.64. The summed E-state index contributed by atoms with van der Waals surface area (Å²) in [6.07, 6.45) is 0.765. The molecule has 0 aliphatic heterocycles. The van der Waals surface area contributed by atoms with Crippen LogP contribution in [0.2, 0.25) is 0 Å². The van der Waals surface area contributed by atoms with E-state index >= 15 is 0 Å². The van der Waals surface area contributed by atoms with Crippen LogP contribution in [0, 0.1) is 30.2 Å². The molecule has 1 aromatic carbocycles. The smallest absolute Gasteiger partial charge is 0.343 e. The third-order valence-electron chi connectivity index (χ3n) is 2.94. The number of aliphatic hydroxyl groups is 2. The molecule has 24 heavy (non-hydrogen) atoms. The minimum absolute atomic E-state index is 0.100. The first kappa shape index (κ1) is 19.6. The molecule has 1 rings (SSSR count). The number of carbonyl (C=O) groups excluding carboxylic acids is 1. The van der Waals surface area contributed by atoms with Gasteiger partial charge in [-0.25, -0.2) is 22.4 Å². The van der Waals surface area contributed by atoms with E-state index in [9.17, 15) is 27.5 Å². The van der Waals surface area contributed by atoms with E-state index in [1.807, 2.05) is 0 Å². The summed E-state index contributed by atoms with van der Waals surface area (Å²) in [6.45, 7) is 1.74. The summed E-state index contributed by atoms with van der Waals surface area (Å²) in [5.74, 6) is -10.0. The molecule has 1 aromatic rings. The van der Waals surface area contributed by atoms with Crippen LogP contribution in [0.25, 0.3) is 5.76 Å². The zero-order valence-corrected chi connectivity index (χ0v) is 12.9. The Morgan fingerprint density at radius 2 is 1.75 bits per heavy atom. The van der Waals surface area contributed by atoms with Crippen LogP contribution in [0.3, 0.4) is 0 Å². The highest BCUT2D eigenvalue weighted by Gasteiger charge is 2.28. The molecule has 0 bridgehead atoms. The summed E-state index contributed by atoms with van der Waals surface area (Å²) in [5.41, 5.74) is -2.45. The van der Waals surface area contributed by atoms with Crippen molar-refractivity contribution < 1.29 is 37.3 Å². The van der Waals surface area contributed by atoms with Crippen LogP contribution in [-0.2, 0) is 9.53 Å². The second kappa shape index (κ2) is 8.44. The molecule has 5 nitrogen and oxygen atoms in total. The number of aliphatic imine (C=N–C) groups is 1. The molecule has 132 valence electrons. The van der Waals surface area contributed by atoms with Crippen LogP contribution >= 0.6 is 0 Å². The van der Waals surface area contributed by atoms with E-state index in [0.717, 1.165) is 13.1 Å². The molecule has 0 fully saturated rings. The van der Waals surface area contributed by atoms with Crippen LogP contribution < -0.4 is 0 Å². The zero-order chi connectivity index (χ0) is 18.4. The Labute approximate surface area is 134 Å². The quantitative estimate of drug-likeness (QED) is 0.157. The molecule has 0 aromatic heterocycles. The molecular formula is C15H15F4NO4. The van der Waals surface area contributed by atoms with E-state index in [2.05, 4.69) is 9.73 Å². The fourth-order valence-corrected chi connectivity index (χ4v) is 1.79. The number of aliphatic hydroxyl groups excluding tert-OH is 2. The van der Waals surface area contributed by atoms with Crippen molar-refractivity contribution in [3.63, 3.8) is 0 Å². The molecule has 0 atom stereocenters. The predicted molar refractivity (Wildman–Crippen MR) is 77.6 cm³/mol. The predicted octanol–water partition coefficient (Wildman–Crippen LogP) is 2.45. The average molecular weight is 349 g/mol. The summed E-state index contributed by atoms with van der Waals surface area (Å²) in [5, 5.41) is 18.8. The van der Waals surface area contributed by atoms with Gasteiger partial charge in [0.25, 0.3) is 0 Å². The number of hydrogen-bond acceptors (Lipinski definition) is 5. The van der Waals surface area contributed by atoms with E-state index in [0.29, 0.717) is 0 Å². The van der Waals surface area contributed by atoms with Crippen molar-refractivity contribution in [3.8, 4) is 0 Å². The van der Waals surface area contributed by atoms with E-state index in [1.54, 1.807) is 0 Å². The number of carbonyl (C=O) groups is 1. The van der Waals surface area contributed by atoms with Crippen molar-refractivity contribution >= 4 is 17.9 Å². The lowest BCUT2D eigenvalue weighted by Gasteiger charge is -2.12. The molecule has 0 spiro atoms. The van der Waals surface area contributed by atoms with Crippen LogP contribution in [0.15, 0.2) is 10.6 Å². The third kappa shape index (κ3) is 3.91. The fourth-order valence-electron chi connectivity index (χ4n) is 1.79. The Kier molecular flexibility index (Phi) is 6.90. The van der Waals surface area contributed by atoms with Crippen molar-refractivity contribution in [1.29, 1.82) is 0 Å².